The molecular weight excluding hydrogens is 240 g/mol. The molecule has 0 aliphatic rings. The third-order valence-electron chi connectivity index (χ3n) is 2.76. The fraction of sp³-hybridized carbons (Fsp3) is 0.714. The minimum Gasteiger partial charge on any atom is -0.383 e. The van der Waals surface area contributed by atoms with Gasteiger partial charge in [-0.15, -0.1) is 0 Å². The number of hydrogen-bond acceptors (Lipinski definition) is 5. The number of rotatable bonds is 6. The summed E-state index contributed by atoms with van der Waals surface area (Å²) in [4.78, 5) is 11.3. The van der Waals surface area contributed by atoms with Crippen molar-refractivity contribution in [3.8, 4) is 0 Å². The largest absolute Gasteiger partial charge is 0.383 e. The first-order valence-corrected chi connectivity index (χ1v) is 6.72. The highest BCUT2D eigenvalue weighted by Crippen LogP contribution is 2.23. The zero-order chi connectivity index (χ0) is 14.5. The van der Waals surface area contributed by atoms with E-state index in [1.54, 1.807) is 7.11 Å². The maximum atomic E-state index is 5.11. The van der Waals surface area contributed by atoms with Gasteiger partial charge in [0.1, 0.15) is 17.5 Å². The van der Waals surface area contributed by atoms with E-state index in [1.165, 1.54) is 0 Å². The Morgan fingerprint density at radius 2 is 2.00 bits per heavy atom. The third kappa shape index (κ3) is 4.67. The maximum Gasteiger partial charge on any atom is 0.138 e. The second-order valence-corrected chi connectivity index (χ2v) is 5.63. The number of anilines is 2. The first-order chi connectivity index (χ1) is 8.88. The van der Waals surface area contributed by atoms with E-state index in [9.17, 15) is 0 Å². The van der Waals surface area contributed by atoms with Gasteiger partial charge in [-0.05, 0) is 6.92 Å². The molecule has 0 aromatic carbocycles. The first kappa shape index (κ1) is 15.7. The molecule has 0 saturated carbocycles. The maximum absolute atomic E-state index is 5.11. The average molecular weight is 266 g/mol. The van der Waals surface area contributed by atoms with Gasteiger partial charge in [-0.3, -0.25) is 0 Å². The predicted octanol–water partition coefficient (Wildman–Crippen LogP) is 2.29. The number of aromatic nitrogens is 2. The van der Waals surface area contributed by atoms with Crippen molar-refractivity contribution in [2.45, 2.75) is 33.1 Å². The quantitative estimate of drug-likeness (QED) is 0.856. The van der Waals surface area contributed by atoms with Gasteiger partial charge in [-0.1, -0.05) is 20.8 Å². The van der Waals surface area contributed by atoms with Gasteiger partial charge < -0.3 is 15.0 Å². The number of likely N-dealkylation sites (N-methyl/N-ethyl adjacent to an activating group) is 1. The Labute approximate surface area is 116 Å². The lowest BCUT2D eigenvalue weighted by molar-refractivity contribution is 0.206. The van der Waals surface area contributed by atoms with Gasteiger partial charge in [0.15, 0.2) is 0 Å². The van der Waals surface area contributed by atoms with Crippen LogP contribution < -0.4 is 10.2 Å². The highest BCUT2D eigenvalue weighted by atomic mass is 16.5. The Hall–Kier alpha value is -1.36. The van der Waals surface area contributed by atoms with Gasteiger partial charge in [0, 0.05) is 38.7 Å². The number of nitrogens with zero attached hydrogens (tertiary/aromatic N) is 3. The Bertz CT molecular complexity index is 401. The second kappa shape index (κ2) is 6.70. The Balaban J connectivity index is 3.05. The lowest BCUT2D eigenvalue weighted by atomic mass is 9.96. The summed E-state index contributed by atoms with van der Waals surface area (Å²) in [5.74, 6) is 2.65. The smallest absolute Gasteiger partial charge is 0.138 e. The molecule has 0 bridgehead atoms. The van der Waals surface area contributed by atoms with E-state index in [-0.39, 0.29) is 5.41 Å². The summed E-state index contributed by atoms with van der Waals surface area (Å²) in [6.45, 7) is 10.8. The molecular formula is C14H26N4O. The van der Waals surface area contributed by atoms with Gasteiger partial charge >= 0.3 is 0 Å². The molecule has 0 spiro atoms. The van der Waals surface area contributed by atoms with Gasteiger partial charge in [0.25, 0.3) is 0 Å². The fourth-order valence-corrected chi connectivity index (χ4v) is 1.58. The summed E-state index contributed by atoms with van der Waals surface area (Å²) in [5, 5.41) is 3.26. The van der Waals surface area contributed by atoms with E-state index in [2.05, 4.69) is 47.9 Å². The van der Waals surface area contributed by atoms with Crippen LogP contribution in [-0.4, -0.2) is 43.8 Å². The number of hydrogen-bond donors (Lipinski definition) is 1. The standard InChI is InChI=1S/C14H26N4O/c1-7-15-11-10-12(18(5)8-9-19-6)17-13(16-11)14(2,3)4/h10H,7-9H2,1-6H3,(H,15,16,17). The lowest BCUT2D eigenvalue weighted by Crippen LogP contribution is -2.26. The van der Waals surface area contributed by atoms with Crippen molar-refractivity contribution in [2.24, 2.45) is 0 Å². The summed E-state index contributed by atoms with van der Waals surface area (Å²) < 4.78 is 5.11. The van der Waals surface area contributed by atoms with Gasteiger partial charge in [0.05, 0.1) is 6.61 Å². The molecule has 1 aromatic heterocycles. The normalized spacial score (nSPS) is 11.5. The zero-order valence-electron chi connectivity index (χ0n) is 12.9. The summed E-state index contributed by atoms with van der Waals surface area (Å²) in [5.41, 5.74) is -0.0672. The summed E-state index contributed by atoms with van der Waals surface area (Å²) >= 11 is 0. The molecule has 5 nitrogen and oxygen atoms in total. The molecule has 0 amide bonds. The minimum atomic E-state index is -0.0672. The van der Waals surface area contributed by atoms with Gasteiger partial charge in [-0.25, -0.2) is 9.97 Å². The van der Waals surface area contributed by atoms with Crippen LogP contribution in [0.2, 0.25) is 0 Å². The second-order valence-electron chi connectivity index (χ2n) is 5.63. The van der Waals surface area contributed by atoms with Crippen molar-refractivity contribution in [1.29, 1.82) is 0 Å². The third-order valence-corrected chi connectivity index (χ3v) is 2.76. The predicted molar refractivity (Wildman–Crippen MR) is 80.0 cm³/mol. The van der Waals surface area contributed by atoms with Crippen molar-refractivity contribution < 1.29 is 4.74 Å². The molecule has 5 heteroatoms. The van der Waals surface area contributed by atoms with Gasteiger partial charge in [-0.2, -0.15) is 0 Å². The van der Waals surface area contributed by atoms with Crippen LogP contribution in [0.5, 0.6) is 0 Å². The van der Waals surface area contributed by atoms with E-state index in [0.29, 0.717) is 6.61 Å². The zero-order valence-corrected chi connectivity index (χ0v) is 12.9. The van der Waals surface area contributed by atoms with E-state index < -0.39 is 0 Å². The average Bonchev–Trinajstić information content (AvgIpc) is 2.35. The number of methoxy groups -OCH3 is 1. The molecule has 19 heavy (non-hydrogen) atoms. The highest BCUT2D eigenvalue weighted by Gasteiger charge is 2.20. The van der Waals surface area contributed by atoms with Crippen LogP contribution in [-0.2, 0) is 10.2 Å². The topological polar surface area (TPSA) is 50.3 Å². The molecule has 0 aliphatic heterocycles. The van der Waals surface area contributed by atoms with Crippen LogP contribution in [0.1, 0.15) is 33.5 Å². The van der Waals surface area contributed by atoms with Crippen LogP contribution in [0.15, 0.2) is 6.07 Å². The van der Waals surface area contributed by atoms with Crippen LogP contribution in [0.4, 0.5) is 11.6 Å². The Kier molecular flexibility index (Phi) is 5.54. The van der Waals surface area contributed by atoms with E-state index >= 15 is 0 Å². The lowest BCUT2D eigenvalue weighted by Gasteiger charge is -2.23. The minimum absolute atomic E-state index is 0.0672. The van der Waals surface area contributed by atoms with Crippen molar-refractivity contribution in [3.05, 3.63) is 11.9 Å². The van der Waals surface area contributed by atoms with Crippen LogP contribution in [0, 0.1) is 0 Å². The number of nitrogens with one attached hydrogen (secondary N) is 1. The molecule has 108 valence electrons. The van der Waals surface area contributed by atoms with Crippen LogP contribution >= 0.6 is 0 Å². The monoisotopic (exact) mass is 266 g/mol. The fourth-order valence-electron chi connectivity index (χ4n) is 1.58. The molecule has 1 aromatic rings. The summed E-state index contributed by atoms with van der Waals surface area (Å²) in [6, 6.07) is 1.98. The molecule has 1 N–H and O–H groups in total. The number of ether oxygens (including phenoxy) is 1. The summed E-state index contributed by atoms with van der Waals surface area (Å²) in [7, 11) is 3.72. The molecule has 0 radical (unpaired) electrons. The SMILES string of the molecule is CCNc1cc(N(C)CCOC)nc(C(C)(C)C)n1. The van der Waals surface area contributed by atoms with Crippen molar-refractivity contribution >= 4 is 11.6 Å². The Morgan fingerprint density at radius 1 is 1.32 bits per heavy atom. The summed E-state index contributed by atoms with van der Waals surface area (Å²) in [6.07, 6.45) is 0. The highest BCUT2D eigenvalue weighted by molar-refractivity contribution is 5.49. The Morgan fingerprint density at radius 3 is 2.53 bits per heavy atom. The van der Waals surface area contributed by atoms with Crippen LogP contribution in [0.25, 0.3) is 0 Å². The van der Waals surface area contributed by atoms with Crippen molar-refractivity contribution in [2.75, 3.05) is 44.1 Å². The van der Waals surface area contributed by atoms with Crippen LogP contribution in [0.3, 0.4) is 0 Å². The molecule has 0 aliphatic carbocycles. The van der Waals surface area contributed by atoms with Crippen molar-refractivity contribution in [3.63, 3.8) is 0 Å². The molecule has 1 rings (SSSR count). The molecule has 0 unspecified atom stereocenters. The van der Waals surface area contributed by atoms with E-state index in [0.717, 1.165) is 30.5 Å². The molecule has 1 heterocycles. The molecule has 0 saturated heterocycles. The van der Waals surface area contributed by atoms with E-state index in [4.69, 9.17) is 4.74 Å². The van der Waals surface area contributed by atoms with Gasteiger partial charge in [0.2, 0.25) is 0 Å². The van der Waals surface area contributed by atoms with E-state index in [1.807, 2.05) is 13.1 Å². The first-order valence-electron chi connectivity index (χ1n) is 6.72. The molecule has 0 atom stereocenters. The van der Waals surface area contributed by atoms with Crippen molar-refractivity contribution in [1.82, 2.24) is 9.97 Å². The molecule has 0 fully saturated rings.